The third-order valence-corrected chi connectivity index (χ3v) is 4.71. The van der Waals surface area contributed by atoms with Crippen LogP contribution < -0.4 is 10.1 Å². The van der Waals surface area contributed by atoms with E-state index in [-0.39, 0.29) is 6.04 Å². The summed E-state index contributed by atoms with van der Waals surface area (Å²) in [6.07, 6.45) is 3.95. The minimum atomic E-state index is 0.270. The average molecular weight is 310 g/mol. The molecule has 0 saturated heterocycles. The summed E-state index contributed by atoms with van der Waals surface area (Å²) < 4.78 is 6.17. The van der Waals surface area contributed by atoms with Crippen LogP contribution in [0, 0.1) is 11.8 Å². The maximum atomic E-state index is 6.42. The second kappa shape index (κ2) is 7.51. The Labute approximate surface area is 134 Å². The van der Waals surface area contributed by atoms with E-state index in [1.54, 1.807) is 0 Å². The summed E-state index contributed by atoms with van der Waals surface area (Å²) in [5, 5.41) is 4.18. The van der Waals surface area contributed by atoms with Gasteiger partial charge >= 0.3 is 0 Å². The fourth-order valence-electron chi connectivity index (χ4n) is 3.51. The fourth-order valence-corrected chi connectivity index (χ4v) is 3.84. The SMILES string of the molecule is CCNC(C)c1ccc(OC2CC(C)CC(C)C2)cc1Cl. The van der Waals surface area contributed by atoms with Crippen LogP contribution in [-0.2, 0) is 0 Å². The van der Waals surface area contributed by atoms with Crippen molar-refractivity contribution < 1.29 is 4.74 Å². The average Bonchev–Trinajstić information content (AvgIpc) is 2.37. The zero-order valence-corrected chi connectivity index (χ0v) is 14.4. The summed E-state index contributed by atoms with van der Waals surface area (Å²) in [7, 11) is 0. The molecule has 21 heavy (non-hydrogen) atoms. The highest BCUT2D eigenvalue weighted by molar-refractivity contribution is 6.31. The van der Waals surface area contributed by atoms with Gasteiger partial charge in [-0.1, -0.05) is 38.4 Å². The van der Waals surface area contributed by atoms with Crippen LogP contribution in [0.15, 0.2) is 18.2 Å². The van der Waals surface area contributed by atoms with Gasteiger partial charge in [0.1, 0.15) is 5.75 Å². The molecule has 3 heteroatoms. The number of hydrogen-bond acceptors (Lipinski definition) is 2. The Hall–Kier alpha value is -0.730. The van der Waals surface area contributed by atoms with Gasteiger partial charge in [0.25, 0.3) is 0 Å². The quantitative estimate of drug-likeness (QED) is 0.805. The standard InChI is InChI=1S/C18H28ClNO/c1-5-20-14(4)17-7-6-15(11-18(17)19)21-16-9-12(2)8-13(3)10-16/h6-7,11-14,16,20H,5,8-10H2,1-4H3. The Morgan fingerprint density at radius 2 is 1.90 bits per heavy atom. The van der Waals surface area contributed by atoms with E-state index in [1.807, 2.05) is 6.07 Å². The van der Waals surface area contributed by atoms with E-state index < -0.39 is 0 Å². The minimum Gasteiger partial charge on any atom is -0.490 e. The molecule has 1 aromatic rings. The van der Waals surface area contributed by atoms with E-state index in [0.717, 1.165) is 47.6 Å². The number of hydrogen-bond donors (Lipinski definition) is 1. The molecule has 0 spiro atoms. The lowest BCUT2D eigenvalue weighted by atomic mass is 9.82. The second-order valence-corrected chi connectivity index (χ2v) is 7.03. The summed E-state index contributed by atoms with van der Waals surface area (Å²) in [6, 6.07) is 6.38. The largest absolute Gasteiger partial charge is 0.490 e. The topological polar surface area (TPSA) is 21.3 Å². The summed E-state index contributed by atoms with van der Waals surface area (Å²) in [4.78, 5) is 0. The molecule has 1 N–H and O–H groups in total. The van der Waals surface area contributed by atoms with Crippen LogP contribution in [0.2, 0.25) is 5.02 Å². The lowest BCUT2D eigenvalue weighted by molar-refractivity contribution is 0.101. The second-order valence-electron chi connectivity index (χ2n) is 6.62. The molecular formula is C18H28ClNO. The molecule has 1 aliphatic rings. The van der Waals surface area contributed by atoms with Gasteiger partial charge in [0.15, 0.2) is 0 Å². The van der Waals surface area contributed by atoms with E-state index in [0.29, 0.717) is 6.10 Å². The fraction of sp³-hybridized carbons (Fsp3) is 0.667. The first-order chi connectivity index (χ1) is 9.99. The Balaban J connectivity index is 2.03. The van der Waals surface area contributed by atoms with Gasteiger partial charge in [-0.3, -0.25) is 0 Å². The third-order valence-electron chi connectivity index (χ3n) is 4.39. The van der Waals surface area contributed by atoms with Crippen LogP contribution in [0.4, 0.5) is 0 Å². The van der Waals surface area contributed by atoms with E-state index in [1.165, 1.54) is 6.42 Å². The van der Waals surface area contributed by atoms with Gasteiger partial charge in [-0.05, 0) is 62.3 Å². The molecule has 0 heterocycles. The van der Waals surface area contributed by atoms with Gasteiger partial charge < -0.3 is 10.1 Å². The molecule has 3 atom stereocenters. The summed E-state index contributed by atoms with van der Waals surface area (Å²) >= 11 is 6.42. The highest BCUT2D eigenvalue weighted by atomic mass is 35.5. The smallest absolute Gasteiger partial charge is 0.121 e. The third kappa shape index (κ3) is 4.62. The molecule has 1 aliphatic carbocycles. The molecule has 1 aromatic carbocycles. The van der Waals surface area contributed by atoms with Crippen LogP contribution in [-0.4, -0.2) is 12.6 Å². The van der Waals surface area contributed by atoms with Crippen LogP contribution in [0.5, 0.6) is 5.75 Å². The zero-order valence-electron chi connectivity index (χ0n) is 13.7. The first-order valence-corrected chi connectivity index (χ1v) is 8.56. The van der Waals surface area contributed by atoms with Crippen molar-refractivity contribution in [2.24, 2.45) is 11.8 Å². The van der Waals surface area contributed by atoms with Crippen molar-refractivity contribution in [2.75, 3.05) is 6.54 Å². The lowest BCUT2D eigenvalue weighted by Crippen LogP contribution is -2.28. The van der Waals surface area contributed by atoms with Crippen molar-refractivity contribution in [1.29, 1.82) is 0 Å². The molecule has 0 bridgehead atoms. The Morgan fingerprint density at radius 3 is 2.48 bits per heavy atom. The number of nitrogens with one attached hydrogen (secondary N) is 1. The molecule has 1 saturated carbocycles. The van der Waals surface area contributed by atoms with Crippen molar-refractivity contribution in [3.05, 3.63) is 28.8 Å². The van der Waals surface area contributed by atoms with Crippen molar-refractivity contribution in [1.82, 2.24) is 5.32 Å². The monoisotopic (exact) mass is 309 g/mol. The highest BCUT2D eigenvalue weighted by Crippen LogP contribution is 2.33. The van der Waals surface area contributed by atoms with Gasteiger partial charge in [0.2, 0.25) is 0 Å². The lowest BCUT2D eigenvalue weighted by Gasteiger charge is -2.31. The van der Waals surface area contributed by atoms with Gasteiger partial charge in [0.05, 0.1) is 6.10 Å². The molecule has 1 fully saturated rings. The molecule has 2 rings (SSSR count). The van der Waals surface area contributed by atoms with Crippen molar-refractivity contribution in [3.8, 4) is 5.75 Å². The summed E-state index contributed by atoms with van der Waals surface area (Å²) in [6.45, 7) is 9.82. The minimum absolute atomic E-state index is 0.270. The van der Waals surface area contributed by atoms with Crippen molar-refractivity contribution in [3.63, 3.8) is 0 Å². The highest BCUT2D eigenvalue weighted by Gasteiger charge is 2.25. The molecule has 0 aromatic heterocycles. The van der Waals surface area contributed by atoms with Crippen LogP contribution >= 0.6 is 11.6 Å². The van der Waals surface area contributed by atoms with Crippen molar-refractivity contribution >= 4 is 11.6 Å². The van der Waals surface area contributed by atoms with Crippen LogP contribution in [0.25, 0.3) is 0 Å². The first-order valence-electron chi connectivity index (χ1n) is 8.19. The molecule has 0 amide bonds. The number of rotatable bonds is 5. The normalized spacial score (nSPS) is 27.4. The molecule has 3 unspecified atom stereocenters. The molecular weight excluding hydrogens is 282 g/mol. The van der Waals surface area contributed by atoms with Gasteiger partial charge in [-0.25, -0.2) is 0 Å². The number of ether oxygens (including phenoxy) is 1. The van der Waals surface area contributed by atoms with Gasteiger partial charge in [-0.15, -0.1) is 0 Å². The Kier molecular flexibility index (Phi) is 5.95. The number of halogens is 1. The Morgan fingerprint density at radius 1 is 1.24 bits per heavy atom. The Bertz CT molecular complexity index is 453. The van der Waals surface area contributed by atoms with Crippen molar-refractivity contribution in [2.45, 2.75) is 59.1 Å². The molecule has 2 nitrogen and oxygen atoms in total. The zero-order chi connectivity index (χ0) is 15.4. The molecule has 0 radical (unpaired) electrons. The van der Waals surface area contributed by atoms with E-state index >= 15 is 0 Å². The van der Waals surface area contributed by atoms with E-state index in [9.17, 15) is 0 Å². The maximum absolute atomic E-state index is 6.42. The van der Waals surface area contributed by atoms with Gasteiger partial charge in [0, 0.05) is 11.1 Å². The maximum Gasteiger partial charge on any atom is 0.121 e. The van der Waals surface area contributed by atoms with Gasteiger partial charge in [-0.2, -0.15) is 0 Å². The van der Waals surface area contributed by atoms with Crippen LogP contribution in [0.3, 0.4) is 0 Å². The number of benzene rings is 1. The predicted octanol–water partition coefficient (Wildman–Crippen LogP) is 5.21. The summed E-state index contributed by atoms with van der Waals surface area (Å²) in [5.74, 6) is 2.41. The summed E-state index contributed by atoms with van der Waals surface area (Å²) in [5.41, 5.74) is 1.14. The van der Waals surface area contributed by atoms with E-state index in [4.69, 9.17) is 16.3 Å². The van der Waals surface area contributed by atoms with Crippen LogP contribution in [0.1, 0.15) is 58.6 Å². The predicted molar refractivity (Wildman–Crippen MR) is 90.1 cm³/mol. The molecule has 0 aliphatic heterocycles. The van der Waals surface area contributed by atoms with E-state index in [2.05, 4.69) is 45.1 Å². The molecule has 118 valence electrons. The first kappa shape index (κ1) is 16.6.